The fourth-order valence-electron chi connectivity index (χ4n) is 4.12. The third-order valence-corrected chi connectivity index (χ3v) is 5.89. The Kier molecular flexibility index (Phi) is 11.7. The molecule has 0 aliphatic carbocycles. The highest BCUT2D eigenvalue weighted by Gasteiger charge is 2.05. The summed E-state index contributed by atoms with van der Waals surface area (Å²) in [5, 5.41) is 11.0. The van der Waals surface area contributed by atoms with Gasteiger partial charge in [0.05, 0.1) is 0 Å². The fraction of sp³-hybridized carbons (Fsp3) is 0.654. The van der Waals surface area contributed by atoms with Gasteiger partial charge in [0.25, 0.3) is 0 Å². The van der Waals surface area contributed by atoms with Crippen molar-refractivity contribution in [1.29, 1.82) is 0 Å². The van der Waals surface area contributed by atoms with E-state index in [2.05, 4.69) is 24.0 Å². The molecule has 0 unspecified atom stereocenters. The van der Waals surface area contributed by atoms with Gasteiger partial charge < -0.3 is 5.11 Å². The Morgan fingerprint density at radius 2 is 1.21 bits per heavy atom. The Bertz CT molecular complexity index is 652. The van der Waals surface area contributed by atoms with E-state index in [1.807, 2.05) is 6.07 Å². The van der Waals surface area contributed by atoms with Crippen LogP contribution in [0.2, 0.25) is 0 Å². The topological polar surface area (TPSA) is 33.1 Å². The summed E-state index contributed by atoms with van der Waals surface area (Å²) in [5.41, 5.74) is 2.05. The Hall–Kier alpha value is -1.57. The summed E-state index contributed by atoms with van der Waals surface area (Å²) in [4.78, 5) is 4.31. The van der Waals surface area contributed by atoms with E-state index >= 15 is 0 Å². The molecule has 1 aromatic heterocycles. The Morgan fingerprint density at radius 3 is 1.79 bits per heavy atom. The minimum Gasteiger partial charge on any atom is -0.506 e. The van der Waals surface area contributed by atoms with Crippen molar-refractivity contribution in [3.8, 4) is 5.75 Å². The molecular formula is C26H41NO. The van der Waals surface area contributed by atoms with Crippen LogP contribution in [0.15, 0.2) is 30.5 Å². The Balaban J connectivity index is 1.44. The molecule has 0 aliphatic heterocycles. The molecule has 0 spiro atoms. The van der Waals surface area contributed by atoms with E-state index in [9.17, 15) is 5.11 Å². The summed E-state index contributed by atoms with van der Waals surface area (Å²) < 4.78 is 0. The predicted octanol–water partition coefficient (Wildman–Crippen LogP) is 8.35. The van der Waals surface area contributed by atoms with E-state index in [1.54, 1.807) is 12.3 Å². The summed E-state index contributed by atoms with van der Waals surface area (Å²) in [5.74, 6) is 0.288. The fourth-order valence-corrected chi connectivity index (χ4v) is 4.12. The number of nitrogens with zero attached hydrogens (tertiary/aromatic N) is 1. The summed E-state index contributed by atoms with van der Waals surface area (Å²) in [6.07, 6.45) is 23.8. The highest BCUT2D eigenvalue weighted by atomic mass is 16.3. The van der Waals surface area contributed by atoms with E-state index in [-0.39, 0.29) is 5.75 Å². The number of unbranched alkanes of at least 4 members (excludes halogenated alkanes) is 14. The van der Waals surface area contributed by atoms with Crippen molar-refractivity contribution in [1.82, 2.24) is 4.98 Å². The van der Waals surface area contributed by atoms with Crippen LogP contribution < -0.4 is 0 Å². The molecule has 0 atom stereocenters. The zero-order valence-electron chi connectivity index (χ0n) is 18.1. The first-order valence-electron chi connectivity index (χ1n) is 11.9. The number of hydrogen-bond acceptors (Lipinski definition) is 2. The minimum absolute atomic E-state index is 0.288. The zero-order chi connectivity index (χ0) is 19.9. The second-order valence-corrected chi connectivity index (χ2v) is 8.34. The van der Waals surface area contributed by atoms with E-state index in [1.165, 1.54) is 102 Å². The number of pyridine rings is 1. The number of benzene rings is 1. The molecule has 28 heavy (non-hydrogen) atoms. The molecule has 0 saturated carbocycles. The second-order valence-electron chi connectivity index (χ2n) is 8.34. The first-order chi connectivity index (χ1) is 13.8. The molecular weight excluding hydrogens is 342 g/mol. The Labute approximate surface area is 172 Å². The number of fused-ring (bicyclic) bond motifs is 1. The average molecular weight is 384 g/mol. The van der Waals surface area contributed by atoms with Gasteiger partial charge in [0, 0.05) is 11.6 Å². The highest BCUT2D eigenvalue weighted by molar-refractivity contribution is 5.87. The summed E-state index contributed by atoms with van der Waals surface area (Å²) in [6.45, 7) is 2.29. The van der Waals surface area contributed by atoms with Crippen molar-refractivity contribution in [3.05, 3.63) is 36.0 Å². The van der Waals surface area contributed by atoms with Crippen LogP contribution in [-0.4, -0.2) is 10.1 Å². The molecule has 1 heterocycles. The predicted molar refractivity (Wildman–Crippen MR) is 122 cm³/mol. The number of hydrogen-bond donors (Lipinski definition) is 1. The van der Waals surface area contributed by atoms with Crippen molar-refractivity contribution >= 4 is 10.9 Å². The van der Waals surface area contributed by atoms with Gasteiger partial charge in [-0.1, -0.05) is 109 Å². The molecule has 0 radical (unpaired) electrons. The van der Waals surface area contributed by atoms with Crippen LogP contribution in [0.5, 0.6) is 5.75 Å². The molecule has 0 fully saturated rings. The van der Waals surface area contributed by atoms with Crippen LogP contribution in [0.4, 0.5) is 0 Å². The first-order valence-corrected chi connectivity index (χ1v) is 11.9. The van der Waals surface area contributed by atoms with Gasteiger partial charge in [0.2, 0.25) is 0 Å². The van der Waals surface area contributed by atoms with Crippen LogP contribution in [0.25, 0.3) is 10.9 Å². The first kappa shape index (κ1) is 22.7. The largest absolute Gasteiger partial charge is 0.506 e. The van der Waals surface area contributed by atoms with E-state index in [4.69, 9.17) is 0 Å². The van der Waals surface area contributed by atoms with Crippen LogP contribution in [-0.2, 0) is 6.42 Å². The van der Waals surface area contributed by atoms with Crippen LogP contribution in [0, 0.1) is 0 Å². The number of aryl methyl sites for hydroxylation is 1. The molecule has 0 aliphatic rings. The van der Waals surface area contributed by atoms with Gasteiger partial charge in [-0.25, -0.2) is 0 Å². The van der Waals surface area contributed by atoms with Crippen LogP contribution >= 0.6 is 0 Å². The standard InChI is InChI=1S/C26H41NO/c1-2-3-4-5-6-7-8-9-10-11-12-13-14-15-16-18-23-20-21-25(28)26-24(23)19-17-22-27-26/h17,19-22,28H,2-16,18H2,1H3. The molecule has 0 saturated heterocycles. The average Bonchev–Trinajstić information content (AvgIpc) is 2.72. The number of aromatic hydroxyl groups is 1. The SMILES string of the molecule is CCCCCCCCCCCCCCCCCc1ccc(O)c2ncccc12. The lowest BCUT2D eigenvalue weighted by atomic mass is 10.0. The lowest BCUT2D eigenvalue weighted by Gasteiger charge is -2.07. The lowest BCUT2D eigenvalue weighted by molar-refractivity contribution is 0.480. The van der Waals surface area contributed by atoms with Crippen LogP contribution in [0.1, 0.15) is 109 Å². The maximum atomic E-state index is 9.94. The van der Waals surface area contributed by atoms with Crippen molar-refractivity contribution < 1.29 is 5.11 Å². The van der Waals surface area contributed by atoms with E-state index < -0.39 is 0 Å². The van der Waals surface area contributed by atoms with E-state index in [0.717, 1.165) is 17.3 Å². The van der Waals surface area contributed by atoms with Gasteiger partial charge in [0.15, 0.2) is 0 Å². The molecule has 2 rings (SSSR count). The van der Waals surface area contributed by atoms with Gasteiger partial charge in [-0.15, -0.1) is 0 Å². The van der Waals surface area contributed by atoms with Crippen LogP contribution in [0.3, 0.4) is 0 Å². The maximum Gasteiger partial charge on any atom is 0.141 e. The van der Waals surface area contributed by atoms with Crippen molar-refractivity contribution in [3.63, 3.8) is 0 Å². The minimum atomic E-state index is 0.288. The highest BCUT2D eigenvalue weighted by Crippen LogP contribution is 2.26. The van der Waals surface area contributed by atoms with Gasteiger partial charge in [-0.3, -0.25) is 4.98 Å². The number of phenolic OH excluding ortho intramolecular Hbond substituents is 1. The summed E-state index contributed by atoms with van der Waals surface area (Å²) in [6, 6.07) is 7.87. The third kappa shape index (κ3) is 8.63. The smallest absolute Gasteiger partial charge is 0.141 e. The molecule has 0 amide bonds. The zero-order valence-corrected chi connectivity index (χ0v) is 18.1. The molecule has 2 heteroatoms. The summed E-state index contributed by atoms with van der Waals surface area (Å²) >= 11 is 0. The number of aromatic nitrogens is 1. The van der Waals surface area contributed by atoms with Gasteiger partial charge >= 0.3 is 0 Å². The summed E-state index contributed by atoms with van der Waals surface area (Å²) in [7, 11) is 0. The lowest BCUT2D eigenvalue weighted by Crippen LogP contribution is -1.90. The molecule has 0 bridgehead atoms. The maximum absolute atomic E-state index is 9.94. The van der Waals surface area contributed by atoms with Gasteiger partial charge in [-0.05, 0) is 30.5 Å². The normalized spacial score (nSPS) is 11.3. The molecule has 1 N–H and O–H groups in total. The van der Waals surface area contributed by atoms with Gasteiger partial charge in [0.1, 0.15) is 11.3 Å². The molecule has 156 valence electrons. The molecule has 1 aromatic carbocycles. The molecule has 2 aromatic rings. The van der Waals surface area contributed by atoms with Crippen molar-refractivity contribution in [2.24, 2.45) is 0 Å². The van der Waals surface area contributed by atoms with Crippen molar-refractivity contribution in [2.75, 3.05) is 0 Å². The second kappa shape index (κ2) is 14.4. The third-order valence-electron chi connectivity index (χ3n) is 5.89. The quantitative estimate of drug-likeness (QED) is 0.295. The van der Waals surface area contributed by atoms with Gasteiger partial charge in [-0.2, -0.15) is 0 Å². The van der Waals surface area contributed by atoms with Crippen molar-refractivity contribution in [2.45, 2.75) is 110 Å². The number of phenols is 1. The molecule has 2 nitrogen and oxygen atoms in total. The monoisotopic (exact) mass is 383 g/mol. The Morgan fingerprint density at radius 1 is 0.679 bits per heavy atom. The number of rotatable bonds is 16. The van der Waals surface area contributed by atoms with E-state index in [0.29, 0.717) is 0 Å².